The van der Waals surface area contributed by atoms with Gasteiger partial charge in [-0.2, -0.15) is 0 Å². The number of hydrogen-bond acceptors (Lipinski definition) is 5. The second kappa shape index (κ2) is 10.5. The van der Waals surface area contributed by atoms with Crippen LogP contribution in [0.2, 0.25) is 0 Å². The number of likely N-dealkylation sites (N-methyl/N-ethyl adjacent to an activating group) is 1. The number of nitrogens with zero attached hydrogens (tertiary/aromatic N) is 1. The SMILES string of the molecule is CN(Cc1ccccc1)C(=O)[C@H](Cc1ccccc1)NC(=O)[C@H]1N[C@@H]1C(=O)[O-].[Na+]. The van der Waals surface area contributed by atoms with Crippen molar-refractivity contribution in [2.45, 2.75) is 31.1 Å². The summed E-state index contributed by atoms with van der Waals surface area (Å²) in [7, 11) is 1.68. The molecule has 8 heteroatoms. The van der Waals surface area contributed by atoms with Gasteiger partial charge in [0, 0.05) is 20.0 Å². The van der Waals surface area contributed by atoms with Crippen molar-refractivity contribution < 1.29 is 49.0 Å². The molecule has 1 saturated heterocycles. The van der Waals surface area contributed by atoms with Gasteiger partial charge in [0.05, 0.1) is 12.0 Å². The third-order valence-corrected chi connectivity index (χ3v) is 4.66. The minimum absolute atomic E-state index is 0. The summed E-state index contributed by atoms with van der Waals surface area (Å²) in [5.74, 6) is -2.09. The van der Waals surface area contributed by atoms with E-state index in [1.165, 1.54) is 0 Å². The second-order valence-corrected chi connectivity index (χ2v) is 6.87. The molecule has 146 valence electrons. The summed E-state index contributed by atoms with van der Waals surface area (Å²) in [6.45, 7) is 0.407. The third-order valence-electron chi connectivity index (χ3n) is 4.66. The molecule has 0 radical (unpaired) electrons. The number of benzene rings is 2. The van der Waals surface area contributed by atoms with Crippen LogP contribution in [-0.4, -0.2) is 47.9 Å². The van der Waals surface area contributed by atoms with Crippen molar-refractivity contribution in [3.05, 3.63) is 71.8 Å². The summed E-state index contributed by atoms with van der Waals surface area (Å²) in [4.78, 5) is 37.8. The maximum absolute atomic E-state index is 13.0. The smallest absolute Gasteiger partial charge is 0.548 e. The fourth-order valence-electron chi connectivity index (χ4n) is 3.08. The molecule has 1 aliphatic rings. The number of amides is 2. The normalized spacial score (nSPS) is 18.1. The molecule has 0 aliphatic carbocycles. The molecule has 3 rings (SSSR count). The van der Waals surface area contributed by atoms with Gasteiger partial charge in [-0.05, 0) is 11.1 Å². The predicted octanol–water partition coefficient (Wildman–Crippen LogP) is -3.53. The second-order valence-electron chi connectivity index (χ2n) is 6.87. The Hall–Kier alpha value is -2.19. The molecule has 1 heterocycles. The zero-order valence-corrected chi connectivity index (χ0v) is 18.5. The van der Waals surface area contributed by atoms with Crippen molar-refractivity contribution in [1.29, 1.82) is 0 Å². The number of carboxylic acids is 1. The fourth-order valence-corrected chi connectivity index (χ4v) is 3.08. The van der Waals surface area contributed by atoms with Crippen LogP contribution in [0.25, 0.3) is 0 Å². The van der Waals surface area contributed by atoms with Gasteiger partial charge in [0.25, 0.3) is 0 Å². The standard InChI is InChI=1S/C21H23N3O4.Na/c1-24(13-15-10-6-3-7-11-15)20(26)16(12-14-8-4-2-5-9-14)22-19(25)17-18(23-17)21(27)28;/h2-11,16-18,23H,12-13H2,1H3,(H,22,25)(H,27,28);/q;+1/p-1/t16-,17-,18-;/m0./s1. The van der Waals surface area contributed by atoms with Gasteiger partial charge in [0.2, 0.25) is 11.8 Å². The molecule has 0 spiro atoms. The van der Waals surface area contributed by atoms with Crippen molar-refractivity contribution >= 4 is 17.8 Å². The molecule has 2 amide bonds. The van der Waals surface area contributed by atoms with Gasteiger partial charge >= 0.3 is 29.6 Å². The number of carbonyl (C=O) groups is 3. The van der Waals surface area contributed by atoms with E-state index in [9.17, 15) is 19.5 Å². The molecule has 0 unspecified atom stereocenters. The number of hydrogen-bond donors (Lipinski definition) is 2. The summed E-state index contributed by atoms with van der Waals surface area (Å²) in [6.07, 6.45) is 0.313. The Balaban J connectivity index is 0.00000300. The largest absolute Gasteiger partial charge is 1.00 e. The van der Waals surface area contributed by atoms with Crippen LogP contribution < -0.4 is 45.3 Å². The molecule has 29 heavy (non-hydrogen) atoms. The van der Waals surface area contributed by atoms with Crippen LogP contribution >= 0.6 is 0 Å². The topological polar surface area (TPSA) is 111 Å². The molecule has 2 N–H and O–H groups in total. The number of rotatable bonds is 8. The van der Waals surface area contributed by atoms with E-state index in [4.69, 9.17) is 0 Å². The van der Waals surface area contributed by atoms with Gasteiger partial charge < -0.3 is 20.1 Å². The van der Waals surface area contributed by atoms with E-state index >= 15 is 0 Å². The van der Waals surface area contributed by atoms with Crippen molar-refractivity contribution in [1.82, 2.24) is 15.5 Å². The monoisotopic (exact) mass is 403 g/mol. The number of aliphatic carboxylic acids is 1. The summed E-state index contributed by atoms with van der Waals surface area (Å²) in [6, 6.07) is 16.2. The van der Waals surface area contributed by atoms with Crippen LogP contribution in [0.15, 0.2) is 60.7 Å². The Morgan fingerprint density at radius 2 is 1.55 bits per heavy atom. The van der Waals surface area contributed by atoms with E-state index in [1.54, 1.807) is 11.9 Å². The van der Waals surface area contributed by atoms with E-state index in [-0.39, 0.29) is 35.5 Å². The van der Waals surface area contributed by atoms with Crippen molar-refractivity contribution in [3.8, 4) is 0 Å². The summed E-state index contributed by atoms with van der Waals surface area (Å²) < 4.78 is 0. The molecule has 0 aromatic heterocycles. The molecule has 3 atom stereocenters. The van der Waals surface area contributed by atoms with Gasteiger partial charge in [-0.15, -0.1) is 0 Å². The molecule has 0 saturated carbocycles. The average Bonchev–Trinajstić information content (AvgIpc) is 3.50. The summed E-state index contributed by atoms with van der Waals surface area (Å²) in [5, 5.41) is 16.1. The van der Waals surface area contributed by atoms with Crippen LogP contribution in [-0.2, 0) is 27.3 Å². The first-order valence-electron chi connectivity index (χ1n) is 9.06. The van der Waals surface area contributed by atoms with Crippen LogP contribution in [0.4, 0.5) is 0 Å². The van der Waals surface area contributed by atoms with Crippen LogP contribution in [0.1, 0.15) is 11.1 Å². The van der Waals surface area contributed by atoms with Gasteiger partial charge in [0.15, 0.2) is 0 Å². The van der Waals surface area contributed by atoms with E-state index in [2.05, 4.69) is 10.6 Å². The third kappa shape index (κ3) is 6.40. The Morgan fingerprint density at radius 1 is 1.00 bits per heavy atom. The van der Waals surface area contributed by atoms with Gasteiger partial charge in [-0.25, -0.2) is 0 Å². The molecular weight excluding hydrogens is 381 g/mol. The minimum Gasteiger partial charge on any atom is -0.548 e. The van der Waals surface area contributed by atoms with E-state index in [0.717, 1.165) is 11.1 Å². The Bertz CT molecular complexity index is 848. The molecular formula is C21H22N3NaO4. The summed E-state index contributed by atoms with van der Waals surface area (Å²) >= 11 is 0. The quantitative estimate of drug-likeness (QED) is 0.351. The Labute approximate surface area is 191 Å². The molecule has 0 bridgehead atoms. The fraction of sp³-hybridized carbons (Fsp3) is 0.286. The Morgan fingerprint density at radius 3 is 2.07 bits per heavy atom. The Kier molecular flexibility index (Phi) is 8.40. The molecule has 2 aromatic carbocycles. The minimum atomic E-state index is -1.33. The first-order chi connectivity index (χ1) is 13.5. The first kappa shape index (κ1) is 23.1. The number of carboxylic acid groups (broad SMARTS) is 1. The molecule has 7 nitrogen and oxygen atoms in total. The molecule has 1 aliphatic heterocycles. The molecule has 2 aromatic rings. The van der Waals surface area contributed by atoms with Crippen molar-refractivity contribution in [2.75, 3.05) is 7.05 Å². The van der Waals surface area contributed by atoms with Gasteiger partial charge in [-0.3, -0.25) is 14.9 Å². The van der Waals surface area contributed by atoms with E-state index in [1.807, 2.05) is 60.7 Å². The summed E-state index contributed by atoms with van der Waals surface area (Å²) in [5.41, 5.74) is 1.87. The van der Waals surface area contributed by atoms with Gasteiger partial charge in [-0.1, -0.05) is 60.7 Å². The van der Waals surface area contributed by atoms with Crippen LogP contribution in [0, 0.1) is 0 Å². The maximum atomic E-state index is 13.0. The van der Waals surface area contributed by atoms with E-state index in [0.29, 0.717) is 13.0 Å². The predicted molar refractivity (Wildman–Crippen MR) is 101 cm³/mol. The van der Waals surface area contributed by atoms with Crippen molar-refractivity contribution in [3.63, 3.8) is 0 Å². The number of nitrogens with one attached hydrogen (secondary N) is 2. The van der Waals surface area contributed by atoms with Crippen LogP contribution in [0.5, 0.6) is 0 Å². The van der Waals surface area contributed by atoms with Crippen molar-refractivity contribution in [2.24, 2.45) is 0 Å². The first-order valence-corrected chi connectivity index (χ1v) is 9.06. The molecule has 1 fully saturated rings. The zero-order valence-electron chi connectivity index (χ0n) is 16.5. The maximum Gasteiger partial charge on any atom is 1.00 e. The van der Waals surface area contributed by atoms with Gasteiger partial charge in [0.1, 0.15) is 12.1 Å². The average molecular weight is 403 g/mol. The zero-order chi connectivity index (χ0) is 20.1. The van der Waals surface area contributed by atoms with Crippen LogP contribution in [0.3, 0.4) is 0 Å². The van der Waals surface area contributed by atoms with E-state index < -0.39 is 30.0 Å². The number of carbonyl (C=O) groups excluding carboxylic acids is 3.